The van der Waals surface area contributed by atoms with Gasteiger partial charge in [0, 0.05) is 24.7 Å². The van der Waals surface area contributed by atoms with Crippen molar-refractivity contribution >= 4 is 11.6 Å². The number of nitrogens with one attached hydrogen (secondary N) is 1. The molecular formula is C16H19F3N6O3. The van der Waals surface area contributed by atoms with Crippen molar-refractivity contribution in [2.75, 3.05) is 6.54 Å². The lowest BCUT2D eigenvalue weighted by Crippen LogP contribution is -2.29. The van der Waals surface area contributed by atoms with Crippen molar-refractivity contribution in [2.45, 2.75) is 51.4 Å². The molecule has 3 rings (SSSR count). The molecule has 2 aromatic rings. The summed E-state index contributed by atoms with van der Waals surface area (Å²) >= 11 is 0. The minimum absolute atomic E-state index is 0.122. The molecule has 152 valence electrons. The van der Waals surface area contributed by atoms with Crippen molar-refractivity contribution in [2.24, 2.45) is 0 Å². The van der Waals surface area contributed by atoms with Gasteiger partial charge in [0.2, 0.25) is 5.91 Å². The van der Waals surface area contributed by atoms with Crippen LogP contribution in [0.15, 0.2) is 12.3 Å². The molecule has 1 saturated carbocycles. The zero-order chi connectivity index (χ0) is 20.5. The van der Waals surface area contributed by atoms with E-state index < -0.39 is 16.8 Å². The Morgan fingerprint density at radius 3 is 2.68 bits per heavy atom. The van der Waals surface area contributed by atoms with Crippen LogP contribution in [0.2, 0.25) is 0 Å². The van der Waals surface area contributed by atoms with E-state index in [-0.39, 0.29) is 42.8 Å². The second-order valence-electron chi connectivity index (χ2n) is 6.68. The van der Waals surface area contributed by atoms with Gasteiger partial charge in [0.15, 0.2) is 5.69 Å². The van der Waals surface area contributed by atoms with Gasteiger partial charge < -0.3 is 5.32 Å². The molecule has 28 heavy (non-hydrogen) atoms. The maximum Gasteiger partial charge on any atom is 0.435 e. The van der Waals surface area contributed by atoms with E-state index in [1.165, 1.54) is 16.3 Å². The van der Waals surface area contributed by atoms with Crippen LogP contribution in [0.3, 0.4) is 0 Å². The maximum absolute atomic E-state index is 12.9. The first kappa shape index (κ1) is 19.8. The SMILES string of the molecule is Cc1c([N+](=O)[O-])cnn1CC(=O)NCCCn1nc(C(F)(F)F)cc1C1CC1. The largest absolute Gasteiger partial charge is 0.435 e. The summed E-state index contributed by atoms with van der Waals surface area (Å²) < 4.78 is 41.2. The highest BCUT2D eigenvalue weighted by atomic mass is 19.4. The van der Waals surface area contributed by atoms with E-state index in [1.54, 1.807) is 0 Å². The molecule has 12 heteroatoms. The van der Waals surface area contributed by atoms with Gasteiger partial charge in [-0.1, -0.05) is 0 Å². The first-order valence-corrected chi connectivity index (χ1v) is 8.75. The lowest BCUT2D eigenvalue weighted by Gasteiger charge is -2.09. The fourth-order valence-electron chi connectivity index (χ4n) is 2.88. The average Bonchev–Trinajstić information content (AvgIpc) is 3.25. The zero-order valence-corrected chi connectivity index (χ0v) is 15.1. The maximum atomic E-state index is 12.9. The number of alkyl halides is 3. The number of hydrogen-bond acceptors (Lipinski definition) is 5. The van der Waals surface area contributed by atoms with Crippen LogP contribution in [0.1, 0.15) is 42.3 Å². The third-order valence-corrected chi connectivity index (χ3v) is 4.53. The number of rotatable bonds is 8. The smallest absolute Gasteiger partial charge is 0.354 e. The molecular weight excluding hydrogens is 381 g/mol. The van der Waals surface area contributed by atoms with Gasteiger partial charge in [-0.15, -0.1) is 0 Å². The minimum Gasteiger partial charge on any atom is -0.354 e. The van der Waals surface area contributed by atoms with Crippen LogP contribution in [0.5, 0.6) is 0 Å². The van der Waals surface area contributed by atoms with Crippen LogP contribution in [-0.2, 0) is 24.1 Å². The Hall–Kier alpha value is -2.92. The molecule has 0 aromatic carbocycles. The van der Waals surface area contributed by atoms with E-state index in [0.717, 1.165) is 25.1 Å². The average molecular weight is 400 g/mol. The van der Waals surface area contributed by atoms with Gasteiger partial charge in [0.1, 0.15) is 18.4 Å². The number of aromatic nitrogens is 4. The minimum atomic E-state index is -4.48. The van der Waals surface area contributed by atoms with Crippen molar-refractivity contribution in [1.82, 2.24) is 24.9 Å². The normalized spacial score (nSPS) is 14.3. The summed E-state index contributed by atoms with van der Waals surface area (Å²) in [6, 6.07) is 1.10. The van der Waals surface area contributed by atoms with Crippen molar-refractivity contribution in [3.8, 4) is 0 Å². The number of hydrogen-bond donors (Lipinski definition) is 1. The molecule has 0 unspecified atom stereocenters. The number of nitro groups is 1. The fourth-order valence-corrected chi connectivity index (χ4v) is 2.88. The predicted octanol–water partition coefficient (Wildman–Crippen LogP) is 2.40. The molecule has 9 nitrogen and oxygen atoms in total. The van der Waals surface area contributed by atoms with Crippen LogP contribution in [-0.4, -0.2) is 36.9 Å². The molecule has 1 aliphatic carbocycles. The van der Waals surface area contributed by atoms with Gasteiger partial charge in [-0.2, -0.15) is 23.4 Å². The van der Waals surface area contributed by atoms with Gasteiger partial charge in [-0.3, -0.25) is 24.3 Å². The molecule has 0 bridgehead atoms. The Balaban J connectivity index is 1.50. The highest BCUT2D eigenvalue weighted by molar-refractivity contribution is 5.75. The molecule has 1 fully saturated rings. The third kappa shape index (κ3) is 4.49. The number of amides is 1. The molecule has 0 atom stereocenters. The molecule has 2 heterocycles. The summed E-state index contributed by atoms with van der Waals surface area (Å²) in [5, 5.41) is 20.9. The third-order valence-electron chi connectivity index (χ3n) is 4.53. The van der Waals surface area contributed by atoms with Gasteiger partial charge >= 0.3 is 11.9 Å². The van der Waals surface area contributed by atoms with Crippen LogP contribution in [0, 0.1) is 17.0 Å². The molecule has 0 spiro atoms. The van der Waals surface area contributed by atoms with E-state index in [0.29, 0.717) is 12.1 Å². The number of carbonyl (C=O) groups excluding carboxylic acids is 1. The Labute approximate surface area is 157 Å². The Morgan fingerprint density at radius 2 is 2.11 bits per heavy atom. The topological polar surface area (TPSA) is 108 Å². The van der Waals surface area contributed by atoms with E-state index >= 15 is 0 Å². The van der Waals surface area contributed by atoms with Crippen molar-refractivity contribution < 1.29 is 22.9 Å². The predicted molar refractivity (Wildman–Crippen MR) is 90.4 cm³/mol. The molecule has 1 N–H and O–H groups in total. The van der Waals surface area contributed by atoms with E-state index in [1.807, 2.05) is 0 Å². The summed E-state index contributed by atoms with van der Waals surface area (Å²) in [6.07, 6.45) is -1.28. The van der Waals surface area contributed by atoms with Crippen molar-refractivity contribution in [1.29, 1.82) is 0 Å². The van der Waals surface area contributed by atoms with E-state index in [9.17, 15) is 28.1 Å². The van der Waals surface area contributed by atoms with Crippen LogP contribution >= 0.6 is 0 Å². The van der Waals surface area contributed by atoms with Gasteiger partial charge in [-0.25, -0.2) is 0 Å². The van der Waals surface area contributed by atoms with Crippen molar-refractivity contribution in [3.05, 3.63) is 39.5 Å². The fraction of sp³-hybridized carbons (Fsp3) is 0.562. The monoisotopic (exact) mass is 400 g/mol. The first-order valence-electron chi connectivity index (χ1n) is 8.75. The summed E-state index contributed by atoms with van der Waals surface area (Å²) in [5.41, 5.74) is -0.211. The van der Waals surface area contributed by atoms with Gasteiger partial charge in [0.25, 0.3) is 0 Å². The molecule has 0 radical (unpaired) electrons. The van der Waals surface area contributed by atoms with Crippen molar-refractivity contribution in [3.63, 3.8) is 0 Å². The summed E-state index contributed by atoms with van der Waals surface area (Å²) in [4.78, 5) is 22.2. The zero-order valence-electron chi connectivity index (χ0n) is 15.1. The highest BCUT2D eigenvalue weighted by Gasteiger charge is 2.37. The second kappa shape index (κ2) is 7.60. The van der Waals surface area contributed by atoms with Gasteiger partial charge in [-0.05, 0) is 32.3 Å². The Bertz CT molecular complexity index is 885. The van der Waals surface area contributed by atoms with Crippen LogP contribution in [0.25, 0.3) is 0 Å². The lowest BCUT2D eigenvalue weighted by molar-refractivity contribution is -0.385. The van der Waals surface area contributed by atoms with Crippen LogP contribution < -0.4 is 5.32 Å². The summed E-state index contributed by atoms with van der Waals surface area (Å²) in [6.45, 7) is 1.82. The first-order chi connectivity index (χ1) is 13.2. The van der Waals surface area contributed by atoms with Crippen LogP contribution in [0.4, 0.5) is 18.9 Å². The number of aryl methyl sites for hydroxylation is 1. The van der Waals surface area contributed by atoms with Gasteiger partial charge in [0.05, 0.1) is 4.92 Å². The number of nitrogens with zero attached hydrogens (tertiary/aromatic N) is 5. The lowest BCUT2D eigenvalue weighted by atomic mass is 10.2. The van der Waals surface area contributed by atoms with E-state index in [2.05, 4.69) is 15.5 Å². The Morgan fingerprint density at radius 1 is 1.39 bits per heavy atom. The summed E-state index contributed by atoms with van der Waals surface area (Å²) in [5.74, 6) is -0.267. The highest BCUT2D eigenvalue weighted by Crippen LogP contribution is 2.42. The molecule has 2 aromatic heterocycles. The Kier molecular flexibility index (Phi) is 5.38. The molecule has 0 saturated heterocycles. The standard InChI is InChI=1S/C16H19F3N6O3/c1-10-13(25(27)28)8-21-24(10)9-15(26)20-5-2-6-23-12(11-3-4-11)7-14(22-23)16(17,18)19/h7-8,11H,2-6,9H2,1H3,(H,20,26). The summed E-state index contributed by atoms with van der Waals surface area (Å²) in [7, 11) is 0. The number of halogens is 3. The quantitative estimate of drug-likeness (QED) is 0.416. The van der Waals surface area contributed by atoms with E-state index in [4.69, 9.17) is 0 Å². The second-order valence-corrected chi connectivity index (χ2v) is 6.68. The molecule has 1 amide bonds. The molecule has 0 aliphatic heterocycles. The molecule has 1 aliphatic rings. The number of carbonyl (C=O) groups is 1.